The first-order valence-electron chi connectivity index (χ1n) is 12.3. The number of hydrogen-bond donors (Lipinski definition) is 0. The van der Waals surface area contributed by atoms with Crippen molar-refractivity contribution in [2.75, 3.05) is 9.80 Å². The van der Waals surface area contributed by atoms with E-state index in [0.29, 0.717) is 0 Å². The molecule has 0 unspecified atom stereocenters. The van der Waals surface area contributed by atoms with E-state index in [4.69, 9.17) is 0 Å². The second-order valence-electron chi connectivity index (χ2n) is 10.3. The Morgan fingerprint density at radius 2 is 1.62 bits per heavy atom. The fourth-order valence-corrected chi connectivity index (χ4v) is 5.22. The van der Waals surface area contributed by atoms with Crippen LogP contribution >= 0.6 is 0 Å². The van der Waals surface area contributed by atoms with Gasteiger partial charge in [0.25, 0.3) is 0 Å². The summed E-state index contributed by atoms with van der Waals surface area (Å²) >= 11 is 0. The summed E-state index contributed by atoms with van der Waals surface area (Å²) in [6.07, 6.45) is 6.04. The van der Waals surface area contributed by atoms with Gasteiger partial charge >= 0.3 is 0 Å². The molecule has 1 aromatic heterocycles. The number of fused-ring (bicyclic) bond motifs is 2. The molecule has 0 saturated heterocycles. The third-order valence-corrected chi connectivity index (χ3v) is 7.41. The molecule has 0 saturated carbocycles. The van der Waals surface area contributed by atoms with E-state index in [9.17, 15) is 0 Å². The summed E-state index contributed by atoms with van der Waals surface area (Å²) in [4.78, 5) is 11.2. The number of nitrogens with zero attached hydrogens (tertiary/aromatic N) is 4. The molecule has 4 aromatic rings. The maximum absolute atomic E-state index is 4.60. The summed E-state index contributed by atoms with van der Waals surface area (Å²) in [5.41, 5.74) is 7.35. The molecule has 3 heterocycles. The largest absolute Gasteiger partial charge is 0.500 e. The van der Waals surface area contributed by atoms with Crippen LogP contribution in [0.15, 0.2) is 97.5 Å². The maximum Gasteiger partial charge on any atom is 0.0629 e. The van der Waals surface area contributed by atoms with Gasteiger partial charge in [-0.3, -0.25) is 4.98 Å². The van der Waals surface area contributed by atoms with Gasteiger partial charge in [-0.25, -0.2) is 0 Å². The maximum atomic E-state index is 4.60. The second kappa shape index (κ2) is 9.50. The Balaban J connectivity index is 0.00000280. The van der Waals surface area contributed by atoms with Crippen molar-refractivity contribution in [1.29, 1.82) is 0 Å². The van der Waals surface area contributed by atoms with Crippen LogP contribution in [-0.4, -0.2) is 9.88 Å². The van der Waals surface area contributed by atoms with Crippen LogP contribution in [0.25, 0.3) is 0 Å². The summed E-state index contributed by atoms with van der Waals surface area (Å²) in [7, 11) is 0. The van der Waals surface area contributed by atoms with Crippen LogP contribution in [0, 0.1) is 18.8 Å². The van der Waals surface area contributed by atoms with E-state index in [1.54, 1.807) is 0 Å². The molecule has 6 rings (SSSR count). The van der Waals surface area contributed by atoms with Gasteiger partial charge in [-0.1, -0.05) is 49.5 Å². The summed E-state index contributed by atoms with van der Waals surface area (Å²) in [6.45, 7) is 11.1. The van der Waals surface area contributed by atoms with Gasteiger partial charge in [0.05, 0.1) is 11.2 Å². The average Bonchev–Trinajstić information content (AvgIpc) is 3.41. The summed E-state index contributed by atoms with van der Waals surface area (Å²) in [5, 5.41) is 0. The molecule has 0 N–H and O–H groups in total. The number of anilines is 4. The Bertz CT molecular complexity index is 1430. The average molecular weight is 665 g/mol. The molecule has 4 nitrogen and oxygen atoms in total. The van der Waals surface area contributed by atoms with E-state index in [0.717, 1.165) is 22.8 Å². The van der Waals surface area contributed by atoms with Crippen LogP contribution in [-0.2, 0) is 32.0 Å². The third kappa shape index (κ3) is 4.18. The molecule has 0 spiro atoms. The number of benzene rings is 3. The molecular formula is C32H29N4Pt-3. The summed E-state index contributed by atoms with van der Waals surface area (Å²) in [5.74, 6) is 0. The Labute approximate surface area is 234 Å². The zero-order valence-corrected chi connectivity index (χ0v) is 23.7. The third-order valence-electron chi connectivity index (χ3n) is 7.41. The van der Waals surface area contributed by atoms with Gasteiger partial charge < -0.3 is 14.7 Å². The first-order chi connectivity index (χ1) is 17.4. The molecule has 190 valence electrons. The van der Waals surface area contributed by atoms with Gasteiger partial charge in [-0.15, -0.1) is 29.4 Å². The Morgan fingerprint density at radius 3 is 2.38 bits per heavy atom. The SMILES string of the molecule is CC1(C)c2ccc(N3C=CN(C(C)(C)c4ccccn4)[CH-]3)[c-]c2N(c2[c-]cccc2)c2ccccc21.[Pt]. The van der Waals surface area contributed by atoms with Crippen molar-refractivity contribution in [3.8, 4) is 0 Å². The molecule has 0 aliphatic carbocycles. The quantitative estimate of drug-likeness (QED) is 0.212. The predicted octanol–water partition coefficient (Wildman–Crippen LogP) is 7.44. The van der Waals surface area contributed by atoms with E-state index in [1.165, 1.54) is 16.8 Å². The van der Waals surface area contributed by atoms with Crippen LogP contribution in [0.1, 0.15) is 44.5 Å². The van der Waals surface area contributed by atoms with Crippen LogP contribution < -0.4 is 9.80 Å². The second-order valence-corrected chi connectivity index (χ2v) is 10.3. The van der Waals surface area contributed by atoms with Gasteiger partial charge in [-0.05, 0) is 55.4 Å². The van der Waals surface area contributed by atoms with Crippen molar-refractivity contribution in [2.24, 2.45) is 0 Å². The predicted molar refractivity (Wildman–Crippen MR) is 146 cm³/mol. The van der Waals surface area contributed by atoms with E-state index in [2.05, 4.69) is 133 Å². The summed E-state index contributed by atoms with van der Waals surface area (Å²) in [6, 6.07) is 34.5. The van der Waals surface area contributed by atoms with Crippen molar-refractivity contribution in [1.82, 2.24) is 9.88 Å². The minimum atomic E-state index is -0.285. The van der Waals surface area contributed by atoms with Gasteiger partial charge in [0.15, 0.2) is 0 Å². The van der Waals surface area contributed by atoms with Crippen molar-refractivity contribution in [3.63, 3.8) is 0 Å². The number of pyridine rings is 1. The summed E-state index contributed by atoms with van der Waals surface area (Å²) < 4.78 is 0. The molecule has 0 radical (unpaired) electrons. The van der Waals surface area contributed by atoms with E-state index in [-0.39, 0.29) is 32.0 Å². The zero-order chi connectivity index (χ0) is 24.9. The molecule has 0 fully saturated rings. The van der Waals surface area contributed by atoms with Gasteiger partial charge in [0, 0.05) is 32.9 Å². The van der Waals surface area contributed by atoms with Gasteiger partial charge in [0.2, 0.25) is 0 Å². The van der Waals surface area contributed by atoms with Crippen molar-refractivity contribution < 1.29 is 21.1 Å². The fraction of sp³-hybridized carbons (Fsp3) is 0.188. The van der Waals surface area contributed by atoms with E-state index < -0.39 is 0 Å². The standard InChI is InChI=1S/C32H29N4.Pt/c1-31(2)26-14-8-9-15-28(26)36(24-12-6-5-7-13-24)29-22-25(17-18-27(29)31)34-20-21-35(23-34)32(3,4)30-16-10-11-19-33-30;/h5-12,14-21,23H,1-4H3;/q-3;. The molecule has 2 aliphatic rings. The van der Waals surface area contributed by atoms with Crippen LogP contribution in [0.5, 0.6) is 0 Å². The number of rotatable bonds is 4. The van der Waals surface area contributed by atoms with Crippen LogP contribution in [0.2, 0.25) is 0 Å². The number of aromatic nitrogens is 1. The number of hydrogen-bond acceptors (Lipinski definition) is 4. The molecule has 0 atom stereocenters. The Hall–Kier alpha value is -3.36. The molecule has 2 aliphatic heterocycles. The molecule has 5 heteroatoms. The molecule has 3 aromatic carbocycles. The smallest absolute Gasteiger partial charge is 0.0629 e. The van der Waals surface area contributed by atoms with E-state index in [1.807, 2.05) is 30.5 Å². The molecular weight excluding hydrogens is 635 g/mol. The first-order valence-corrected chi connectivity index (χ1v) is 12.3. The van der Waals surface area contributed by atoms with Crippen molar-refractivity contribution in [2.45, 2.75) is 38.6 Å². The van der Waals surface area contributed by atoms with Crippen LogP contribution in [0.3, 0.4) is 0 Å². The van der Waals surface area contributed by atoms with E-state index >= 15 is 0 Å². The topological polar surface area (TPSA) is 22.6 Å². The molecule has 0 bridgehead atoms. The van der Waals surface area contributed by atoms with Crippen molar-refractivity contribution >= 4 is 22.7 Å². The number of para-hydroxylation sites is 2. The molecule has 0 amide bonds. The Kier molecular flexibility index (Phi) is 6.50. The zero-order valence-electron chi connectivity index (χ0n) is 21.4. The minimum absolute atomic E-state index is 0. The normalized spacial score (nSPS) is 15.7. The molecule has 37 heavy (non-hydrogen) atoms. The first kappa shape index (κ1) is 25.3. The fourth-order valence-electron chi connectivity index (χ4n) is 5.22. The van der Waals surface area contributed by atoms with Gasteiger partial charge in [0.1, 0.15) is 0 Å². The van der Waals surface area contributed by atoms with Gasteiger partial charge in [-0.2, -0.15) is 37.0 Å². The van der Waals surface area contributed by atoms with Crippen molar-refractivity contribution in [3.05, 3.63) is 133 Å². The monoisotopic (exact) mass is 664 g/mol. The Morgan fingerprint density at radius 1 is 0.838 bits per heavy atom. The van der Waals surface area contributed by atoms with Crippen LogP contribution in [0.4, 0.5) is 22.7 Å². The minimum Gasteiger partial charge on any atom is -0.500 e.